The summed E-state index contributed by atoms with van der Waals surface area (Å²) in [4.78, 5) is 3.62. The minimum Gasteiger partial charge on any atom is -0.326 e. The fraction of sp³-hybridized carbons (Fsp3) is 0.556. The van der Waals surface area contributed by atoms with Crippen LogP contribution in [0.15, 0.2) is 11.4 Å². The smallest absolute Gasteiger partial charge is 0.0558 e. The predicted octanol–water partition coefficient (Wildman–Crippen LogP) is 2.36. The fourth-order valence-electron chi connectivity index (χ4n) is 1.65. The molecule has 0 bridgehead atoms. The van der Waals surface area contributed by atoms with Crippen molar-refractivity contribution in [1.29, 1.82) is 0 Å². The largest absolute Gasteiger partial charge is 0.326 e. The Morgan fingerprint density at radius 1 is 1.64 bits per heavy atom. The van der Waals surface area contributed by atoms with Gasteiger partial charge in [0.2, 0.25) is 0 Å². The Bertz CT molecular complexity index is 290. The number of nitrogens with zero attached hydrogens (tertiary/aromatic N) is 1. The van der Waals surface area contributed by atoms with Crippen LogP contribution < -0.4 is 5.73 Å². The van der Waals surface area contributed by atoms with Gasteiger partial charge in [0.1, 0.15) is 0 Å². The number of hydrogen-bond acceptors (Lipinski definition) is 3. The molecule has 0 aromatic carbocycles. The molecule has 0 radical (unpaired) electrons. The number of nitrogens with two attached hydrogens (primary N) is 1. The number of thiophene rings is 1. The lowest BCUT2D eigenvalue weighted by Gasteiger charge is -2.13. The Morgan fingerprint density at radius 3 is 2.93 bits per heavy atom. The Labute approximate surface area is 99.4 Å². The highest BCUT2D eigenvalue weighted by atomic mass is 35.5. The van der Waals surface area contributed by atoms with Crippen LogP contribution in [0, 0.1) is 0 Å². The zero-order chi connectivity index (χ0) is 9.26. The van der Waals surface area contributed by atoms with E-state index in [9.17, 15) is 0 Å². The lowest BCUT2D eigenvalue weighted by Crippen LogP contribution is -2.25. The molecule has 1 atom stereocenters. The predicted molar refractivity (Wildman–Crippen MR) is 64.4 cm³/mol. The first-order chi connectivity index (χ1) is 6.25. The maximum atomic E-state index is 6.01. The Morgan fingerprint density at radius 2 is 2.43 bits per heavy atom. The molecule has 1 aromatic rings. The van der Waals surface area contributed by atoms with Crippen LogP contribution in [0.4, 0.5) is 0 Å². The minimum atomic E-state index is 0. The molecule has 1 saturated heterocycles. The van der Waals surface area contributed by atoms with Crippen molar-refractivity contribution in [2.24, 2.45) is 5.73 Å². The molecule has 2 rings (SSSR count). The molecule has 1 fully saturated rings. The topological polar surface area (TPSA) is 29.3 Å². The normalized spacial score (nSPS) is 22.3. The molecular weight excluding hydrogens is 239 g/mol. The van der Waals surface area contributed by atoms with E-state index in [1.54, 1.807) is 11.3 Å². The Kier molecular flexibility index (Phi) is 4.67. The van der Waals surface area contributed by atoms with E-state index in [2.05, 4.69) is 4.90 Å². The van der Waals surface area contributed by atoms with Crippen molar-refractivity contribution in [3.05, 3.63) is 21.3 Å². The van der Waals surface area contributed by atoms with E-state index in [1.807, 2.05) is 11.4 Å². The van der Waals surface area contributed by atoms with Gasteiger partial charge in [0.15, 0.2) is 0 Å². The van der Waals surface area contributed by atoms with Crippen molar-refractivity contribution >= 4 is 35.3 Å². The number of likely N-dealkylation sites (tertiary alicyclic amines) is 1. The molecule has 80 valence electrons. The molecule has 5 heteroatoms. The fourth-order valence-corrected chi connectivity index (χ4v) is 2.78. The summed E-state index contributed by atoms with van der Waals surface area (Å²) in [6.07, 6.45) is 1.11. The average molecular weight is 253 g/mol. The van der Waals surface area contributed by atoms with Gasteiger partial charge in [-0.25, -0.2) is 0 Å². The van der Waals surface area contributed by atoms with Crippen LogP contribution >= 0.6 is 35.3 Å². The van der Waals surface area contributed by atoms with Crippen molar-refractivity contribution in [1.82, 2.24) is 4.90 Å². The van der Waals surface area contributed by atoms with Crippen LogP contribution in [-0.2, 0) is 6.54 Å². The van der Waals surface area contributed by atoms with Crippen LogP contribution in [0.3, 0.4) is 0 Å². The molecule has 0 aliphatic carbocycles. The number of rotatable bonds is 2. The van der Waals surface area contributed by atoms with Gasteiger partial charge < -0.3 is 5.73 Å². The summed E-state index contributed by atoms with van der Waals surface area (Å²) < 4.78 is 0. The summed E-state index contributed by atoms with van der Waals surface area (Å²) in [5.41, 5.74) is 5.82. The second-order valence-electron chi connectivity index (χ2n) is 3.48. The van der Waals surface area contributed by atoms with E-state index < -0.39 is 0 Å². The van der Waals surface area contributed by atoms with E-state index in [-0.39, 0.29) is 12.4 Å². The first-order valence-corrected chi connectivity index (χ1v) is 5.71. The Hall–Kier alpha value is 0.200. The molecule has 2 nitrogen and oxygen atoms in total. The molecule has 0 amide bonds. The maximum absolute atomic E-state index is 6.01. The molecule has 2 N–H and O–H groups in total. The third kappa shape index (κ3) is 2.84. The van der Waals surface area contributed by atoms with Gasteiger partial charge in [0, 0.05) is 30.6 Å². The van der Waals surface area contributed by atoms with Gasteiger partial charge in [-0.1, -0.05) is 11.6 Å². The molecule has 0 spiro atoms. The van der Waals surface area contributed by atoms with E-state index in [1.165, 1.54) is 4.88 Å². The van der Waals surface area contributed by atoms with E-state index in [0.29, 0.717) is 6.04 Å². The van der Waals surface area contributed by atoms with Crippen LogP contribution in [0.25, 0.3) is 0 Å². The molecule has 0 unspecified atom stereocenters. The molecular formula is C9H14Cl2N2S. The van der Waals surface area contributed by atoms with E-state index >= 15 is 0 Å². The molecule has 1 aliphatic heterocycles. The highest BCUT2D eigenvalue weighted by molar-refractivity contribution is 7.10. The molecule has 14 heavy (non-hydrogen) atoms. The van der Waals surface area contributed by atoms with Crippen molar-refractivity contribution in [3.8, 4) is 0 Å². The Balaban J connectivity index is 0.000000980. The summed E-state index contributed by atoms with van der Waals surface area (Å²) in [7, 11) is 0. The summed E-state index contributed by atoms with van der Waals surface area (Å²) in [5.74, 6) is 0. The molecule has 1 aliphatic rings. The van der Waals surface area contributed by atoms with Gasteiger partial charge in [-0.2, -0.15) is 0 Å². The van der Waals surface area contributed by atoms with Gasteiger partial charge in [0.05, 0.1) is 5.02 Å². The first-order valence-electron chi connectivity index (χ1n) is 4.45. The lowest BCUT2D eigenvalue weighted by molar-refractivity contribution is 0.330. The lowest BCUT2D eigenvalue weighted by atomic mass is 10.3. The minimum absolute atomic E-state index is 0. The zero-order valence-electron chi connectivity index (χ0n) is 7.78. The molecule has 1 aromatic heterocycles. The summed E-state index contributed by atoms with van der Waals surface area (Å²) in [6.45, 7) is 3.08. The number of halogens is 2. The van der Waals surface area contributed by atoms with Gasteiger partial charge >= 0.3 is 0 Å². The first kappa shape index (κ1) is 12.3. The number of hydrogen-bond donors (Lipinski definition) is 1. The summed E-state index contributed by atoms with van der Waals surface area (Å²) in [5, 5.41) is 2.93. The quantitative estimate of drug-likeness (QED) is 0.876. The van der Waals surface area contributed by atoms with Gasteiger partial charge in [-0.3, -0.25) is 4.90 Å². The van der Waals surface area contributed by atoms with Crippen molar-refractivity contribution in [2.45, 2.75) is 19.0 Å². The average Bonchev–Trinajstić information content (AvgIpc) is 2.64. The van der Waals surface area contributed by atoms with Gasteiger partial charge in [0.25, 0.3) is 0 Å². The zero-order valence-corrected chi connectivity index (χ0v) is 10.2. The van der Waals surface area contributed by atoms with E-state index in [0.717, 1.165) is 31.1 Å². The highest BCUT2D eigenvalue weighted by Crippen LogP contribution is 2.24. The van der Waals surface area contributed by atoms with E-state index in [4.69, 9.17) is 17.3 Å². The second kappa shape index (κ2) is 5.33. The third-order valence-corrected chi connectivity index (χ3v) is 3.74. The summed E-state index contributed by atoms with van der Waals surface area (Å²) >= 11 is 7.73. The second-order valence-corrected chi connectivity index (χ2v) is 4.88. The monoisotopic (exact) mass is 252 g/mol. The van der Waals surface area contributed by atoms with Gasteiger partial charge in [-0.15, -0.1) is 23.7 Å². The SMILES string of the molecule is Cl.N[C@H]1CCN(Cc2sccc2Cl)C1. The molecule has 2 heterocycles. The molecule has 0 saturated carbocycles. The van der Waals surface area contributed by atoms with Crippen molar-refractivity contribution < 1.29 is 0 Å². The summed E-state index contributed by atoms with van der Waals surface area (Å²) in [6, 6.07) is 2.32. The van der Waals surface area contributed by atoms with Crippen LogP contribution in [0.1, 0.15) is 11.3 Å². The maximum Gasteiger partial charge on any atom is 0.0558 e. The van der Waals surface area contributed by atoms with Crippen molar-refractivity contribution in [3.63, 3.8) is 0 Å². The van der Waals surface area contributed by atoms with Gasteiger partial charge in [-0.05, 0) is 17.9 Å². The van der Waals surface area contributed by atoms with Crippen LogP contribution in [0.2, 0.25) is 5.02 Å². The standard InChI is InChI=1S/C9H13ClN2S.ClH/c10-8-2-4-13-9(8)6-12-3-1-7(11)5-12;/h2,4,7H,1,3,5-6,11H2;1H/t7-;/m0./s1. The van der Waals surface area contributed by atoms with Crippen LogP contribution in [-0.4, -0.2) is 24.0 Å². The van der Waals surface area contributed by atoms with Crippen molar-refractivity contribution in [2.75, 3.05) is 13.1 Å². The third-order valence-electron chi connectivity index (χ3n) is 2.37. The highest BCUT2D eigenvalue weighted by Gasteiger charge is 2.19. The van der Waals surface area contributed by atoms with Crippen LogP contribution in [0.5, 0.6) is 0 Å².